The molecule has 0 bridgehead atoms. The van der Waals surface area contributed by atoms with Gasteiger partial charge in [-0.3, -0.25) is 0 Å². The smallest absolute Gasteiger partial charge is 0.0453 e. The Hall–Kier alpha value is -0.280. The maximum Gasteiger partial charge on any atom is 0.0453 e. The van der Waals surface area contributed by atoms with Crippen LogP contribution in [-0.4, -0.2) is 30.6 Å². The van der Waals surface area contributed by atoms with E-state index in [4.69, 9.17) is 28.9 Å². The molecular formula is C15H24Cl2N2. The standard InChI is InChI=1S/C15H24Cl2N2/c1-5-15(6-2,19(3)4)14(18)9-11-7-8-12(16)10-13(11)17/h7-8,10,14H,5-6,9,18H2,1-4H3. The van der Waals surface area contributed by atoms with Gasteiger partial charge in [0.25, 0.3) is 0 Å². The number of likely N-dealkylation sites (N-methyl/N-ethyl adjacent to an activating group) is 1. The normalized spacial score (nSPS) is 13.9. The summed E-state index contributed by atoms with van der Waals surface area (Å²) in [4.78, 5) is 2.24. The summed E-state index contributed by atoms with van der Waals surface area (Å²) in [5.41, 5.74) is 7.55. The summed E-state index contributed by atoms with van der Waals surface area (Å²) < 4.78 is 0. The molecule has 0 fully saturated rings. The number of hydrogen-bond donors (Lipinski definition) is 1. The van der Waals surface area contributed by atoms with Crippen molar-refractivity contribution >= 4 is 23.2 Å². The van der Waals surface area contributed by atoms with E-state index in [2.05, 4.69) is 32.8 Å². The van der Waals surface area contributed by atoms with Crippen molar-refractivity contribution in [2.75, 3.05) is 14.1 Å². The van der Waals surface area contributed by atoms with E-state index in [1.54, 1.807) is 6.07 Å². The van der Waals surface area contributed by atoms with Crippen LogP contribution >= 0.6 is 23.2 Å². The van der Waals surface area contributed by atoms with Crippen LogP contribution in [-0.2, 0) is 6.42 Å². The summed E-state index contributed by atoms with van der Waals surface area (Å²) in [6.45, 7) is 4.37. The fourth-order valence-electron chi connectivity index (χ4n) is 2.85. The van der Waals surface area contributed by atoms with E-state index in [0.29, 0.717) is 10.0 Å². The maximum absolute atomic E-state index is 6.48. The molecule has 1 aromatic carbocycles. The van der Waals surface area contributed by atoms with Crippen molar-refractivity contribution in [2.45, 2.75) is 44.7 Å². The van der Waals surface area contributed by atoms with Crippen molar-refractivity contribution < 1.29 is 0 Å². The number of hydrogen-bond acceptors (Lipinski definition) is 2. The molecule has 0 spiro atoms. The monoisotopic (exact) mass is 302 g/mol. The van der Waals surface area contributed by atoms with Crippen LogP contribution in [0.2, 0.25) is 10.0 Å². The first-order valence-corrected chi connectivity index (χ1v) is 7.50. The molecule has 0 aliphatic heterocycles. The molecule has 0 amide bonds. The predicted molar refractivity (Wildman–Crippen MR) is 85.1 cm³/mol. The molecule has 1 unspecified atom stereocenters. The van der Waals surface area contributed by atoms with Gasteiger partial charge in [-0.25, -0.2) is 0 Å². The highest BCUT2D eigenvalue weighted by molar-refractivity contribution is 6.35. The van der Waals surface area contributed by atoms with Gasteiger partial charge in [-0.1, -0.05) is 43.1 Å². The van der Waals surface area contributed by atoms with Crippen LogP contribution in [0.1, 0.15) is 32.3 Å². The molecule has 0 aliphatic rings. The highest BCUT2D eigenvalue weighted by Gasteiger charge is 2.35. The van der Waals surface area contributed by atoms with Crippen molar-refractivity contribution in [1.29, 1.82) is 0 Å². The summed E-state index contributed by atoms with van der Waals surface area (Å²) >= 11 is 12.2. The Balaban J connectivity index is 2.96. The second kappa shape index (κ2) is 6.94. The van der Waals surface area contributed by atoms with Gasteiger partial charge in [-0.15, -0.1) is 0 Å². The van der Waals surface area contributed by atoms with E-state index in [-0.39, 0.29) is 11.6 Å². The van der Waals surface area contributed by atoms with Crippen LogP contribution in [0.5, 0.6) is 0 Å². The first kappa shape index (κ1) is 16.8. The average Bonchev–Trinajstić information content (AvgIpc) is 2.34. The molecule has 0 aromatic heterocycles. The van der Waals surface area contributed by atoms with Gasteiger partial charge in [0.1, 0.15) is 0 Å². The molecule has 4 heteroatoms. The molecule has 2 N–H and O–H groups in total. The summed E-state index contributed by atoms with van der Waals surface area (Å²) in [5, 5.41) is 1.36. The Morgan fingerprint density at radius 2 is 1.79 bits per heavy atom. The third kappa shape index (κ3) is 3.63. The first-order valence-electron chi connectivity index (χ1n) is 6.74. The SMILES string of the molecule is CCC(CC)(C(N)Cc1ccc(Cl)cc1Cl)N(C)C. The number of halogens is 2. The van der Waals surface area contributed by atoms with Crippen LogP contribution in [0.15, 0.2) is 18.2 Å². The lowest BCUT2D eigenvalue weighted by molar-refractivity contribution is 0.105. The first-order chi connectivity index (χ1) is 8.87. The van der Waals surface area contributed by atoms with E-state index in [1.165, 1.54) is 0 Å². The molecule has 19 heavy (non-hydrogen) atoms. The van der Waals surface area contributed by atoms with Crippen LogP contribution in [0, 0.1) is 0 Å². The molecule has 2 nitrogen and oxygen atoms in total. The van der Waals surface area contributed by atoms with Crippen molar-refractivity contribution in [3.8, 4) is 0 Å². The molecule has 0 radical (unpaired) electrons. The molecular weight excluding hydrogens is 279 g/mol. The van der Waals surface area contributed by atoms with Gasteiger partial charge in [-0.05, 0) is 51.1 Å². The van der Waals surface area contributed by atoms with Crippen LogP contribution < -0.4 is 5.73 Å². The maximum atomic E-state index is 6.48. The molecule has 1 rings (SSSR count). The Labute approximate surface area is 126 Å². The zero-order valence-electron chi connectivity index (χ0n) is 12.2. The van der Waals surface area contributed by atoms with Gasteiger partial charge < -0.3 is 10.6 Å². The Morgan fingerprint density at radius 1 is 1.21 bits per heavy atom. The quantitative estimate of drug-likeness (QED) is 0.861. The van der Waals surface area contributed by atoms with Gasteiger partial charge in [-0.2, -0.15) is 0 Å². The van der Waals surface area contributed by atoms with E-state index in [1.807, 2.05) is 12.1 Å². The summed E-state index contributed by atoms with van der Waals surface area (Å²) in [6, 6.07) is 5.65. The summed E-state index contributed by atoms with van der Waals surface area (Å²) in [7, 11) is 4.19. The third-order valence-corrected chi connectivity index (χ3v) is 4.85. The van der Waals surface area contributed by atoms with Crippen molar-refractivity contribution in [3.05, 3.63) is 33.8 Å². The fraction of sp³-hybridized carbons (Fsp3) is 0.600. The number of nitrogens with zero attached hydrogens (tertiary/aromatic N) is 1. The van der Waals surface area contributed by atoms with Gasteiger partial charge >= 0.3 is 0 Å². The summed E-state index contributed by atoms with van der Waals surface area (Å²) in [6.07, 6.45) is 2.79. The molecule has 1 aromatic rings. The number of nitrogens with two attached hydrogens (primary N) is 1. The highest BCUT2D eigenvalue weighted by Crippen LogP contribution is 2.29. The van der Waals surface area contributed by atoms with Gasteiger partial charge in [0.15, 0.2) is 0 Å². The second-order valence-electron chi connectivity index (χ2n) is 5.25. The Kier molecular flexibility index (Phi) is 6.13. The highest BCUT2D eigenvalue weighted by atomic mass is 35.5. The van der Waals surface area contributed by atoms with Crippen LogP contribution in [0.25, 0.3) is 0 Å². The minimum Gasteiger partial charge on any atom is -0.326 e. The van der Waals surface area contributed by atoms with Gasteiger partial charge in [0.2, 0.25) is 0 Å². The predicted octanol–water partition coefficient (Wildman–Crippen LogP) is 3.98. The average molecular weight is 303 g/mol. The van der Waals surface area contributed by atoms with Gasteiger partial charge in [0.05, 0.1) is 0 Å². The molecule has 0 saturated heterocycles. The lowest BCUT2D eigenvalue weighted by Crippen LogP contribution is -2.57. The van der Waals surface area contributed by atoms with Crippen LogP contribution in [0.4, 0.5) is 0 Å². The lowest BCUT2D eigenvalue weighted by Gasteiger charge is -2.43. The molecule has 0 heterocycles. The lowest BCUT2D eigenvalue weighted by atomic mass is 9.81. The minimum atomic E-state index is 0.00294. The van der Waals surface area contributed by atoms with E-state index in [0.717, 1.165) is 24.8 Å². The van der Waals surface area contributed by atoms with Crippen molar-refractivity contribution in [2.24, 2.45) is 5.73 Å². The number of benzene rings is 1. The second-order valence-corrected chi connectivity index (χ2v) is 6.10. The van der Waals surface area contributed by atoms with E-state index >= 15 is 0 Å². The summed E-state index contributed by atoms with van der Waals surface area (Å²) in [5.74, 6) is 0. The molecule has 0 aliphatic carbocycles. The minimum absolute atomic E-state index is 0.00294. The third-order valence-electron chi connectivity index (χ3n) is 4.26. The molecule has 0 saturated carbocycles. The zero-order valence-corrected chi connectivity index (χ0v) is 13.7. The van der Waals surface area contributed by atoms with Gasteiger partial charge in [0, 0.05) is 21.6 Å². The Morgan fingerprint density at radius 3 is 2.21 bits per heavy atom. The van der Waals surface area contributed by atoms with Crippen molar-refractivity contribution in [1.82, 2.24) is 4.90 Å². The Bertz CT molecular complexity index is 415. The topological polar surface area (TPSA) is 29.3 Å². The fourth-order valence-corrected chi connectivity index (χ4v) is 3.34. The van der Waals surface area contributed by atoms with Crippen molar-refractivity contribution in [3.63, 3.8) is 0 Å². The van der Waals surface area contributed by atoms with E-state index in [9.17, 15) is 0 Å². The largest absolute Gasteiger partial charge is 0.326 e. The molecule has 108 valence electrons. The van der Waals surface area contributed by atoms with E-state index < -0.39 is 0 Å². The number of rotatable bonds is 6. The molecule has 1 atom stereocenters. The zero-order chi connectivity index (χ0) is 14.6. The van der Waals surface area contributed by atoms with Crippen LogP contribution in [0.3, 0.4) is 0 Å².